The first-order valence-electron chi connectivity index (χ1n) is 6.42. The van der Waals surface area contributed by atoms with Crippen molar-refractivity contribution in [3.8, 4) is 5.75 Å². The molecule has 20 heavy (non-hydrogen) atoms. The summed E-state index contributed by atoms with van der Waals surface area (Å²) in [5.74, 6) is -0.417. The van der Waals surface area contributed by atoms with E-state index in [9.17, 15) is 18.3 Å². The van der Waals surface area contributed by atoms with E-state index in [0.29, 0.717) is 12.6 Å². The maximum atomic E-state index is 11.7. The third-order valence-corrected chi connectivity index (χ3v) is 4.14. The molecule has 0 aliphatic heterocycles. The zero-order valence-corrected chi connectivity index (χ0v) is 12.0. The molecule has 1 amide bonds. The van der Waals surface area contributed by atoms with Gasteiger partial charge in [-0.2, -0.15) is 0 Å². The van der Waals surface area contributed by atoms with Crippen LogP contribution in [0.4, 0.5) is 5.69 Å². The van der Waals surface area contributed by atoms with Crippen molar-refractivity contribution in [3.63, 3.8) is 0 Å². The van der Waals surface area contributed by atoms with Gasteiger partial charge in [0.25, 0.3) is 0 Å². The lowest BCUT2D eigenvalue weighted by molar-refractivity contribution is -0.116. The monoisotopic (exact) mass is 298 g/mol. The molecular weight excluding hydrogens is 280 g/mol. The average Bonchev–Trinajstić information content (AvgIpc) is 3.14. The Bertz CT molecular complexity index is 609. The van der Waals surface area contributed by atoms with Gasteiger partial charge in [-0.15, -0.1) is 0 Å². The second-order valence-electron chi connectivity index (χ2n) is 4.98. The standard InChI is InChI=1S/C13H18N2O4S/c1-20(18,19)10-4-5-12(16)11(8-10)15-13(17)6-7-14-9-2-3-9/h4-5,8-9,14,16H,2-3,6-7H2,1H3,(H,15,17). The predicted octanol–water partition coefficient (Wildman–Crippen LogP) is 0.876. The number of hydrogen-bond donors (Lipinski definition) is 3. The van der Waals surface area contributed by atoms with Crippen LogP contribution in [0.3, 0.4) is 0 Å². The second-order valence-corrected chi connectivity index (χ2v) is 6.99. The number of rotatable bonds is 6. The van der Waals surface area contributed by atoms with Crippen molar-refractivity contribution >= 4 is 21.4 Å². The molecule has 1 fully saturated rings. The molecule has 1 saturated carbocycles. The molecule has 0 saturated heterocycles. The largest absolute Gasteiger partial charge is 0.506 e. The molecule has 7 heteroatoms. The molecule has 1 aromatic rings. The van der Waals surface area contributed by atoms with Crippen LogP contribution in [0.25, 0.3) is 0 Å². The molecule has 1 aliphatic rings. The summed E-state index contributed by atoms with van der Waals surface area (Å²) in [6.45, 7) is 0.572. The molecule has 0 bridgehead atoms. The Morgan fingerprint density at radius 3 is 2.70 bits per heavy atom. The normalized spacial score (nSPS) is 15.1. The minimum Gasteiger partial charge on any atom is -0.506 e. The lowest BCUT2D eigenvalue weighted by Crippen LogP contribution is -2.23. The minimum absolute atomic E-state index is 0.0571. The summed E-state index contributed by atoms with van der Waals surface area (Å²) in [4.78, 5) is 11.8. The molecule has 3 N–H and O–H groups in total. The van der Waals surface area contributed by atoms with E-state index in [1.807, 2.05) is 0 Å². The molecule has 1 aromatic carbocycles. The highest BCUT2D eigenvalue weighted by Gasteiger charge is 2.20. The van der Waals surface area contributed by atoms with E-state index >= 15 is 0 Å². The average molecular weight is 298 g/mol. The van der Waals surface area contributed by atoms with Crippen LogP contribution in [0.15, 0.2) is 23.1 Å². The molecule has 0 atom stereocenters. The van der Waals surface area contributed by atoms with Gasteiger partial charge in [0.2, 0.25) is 5.91 Å². The fraction of sp³-hybridized carbons (Fsp3) is 0.462. The van der Waals surface area contributed by atoms with Gasteiger partial charge in [-0.3, -0.25) is 4.79 Å². The number of aromatic hydroxyl groups is 1. The van der Waals surface area contributed by atoms with Crippen LogP contribution in [0.5, 0.6) is 5.75 Å². The molecule has 0 radical (unpaired) electrons. The summed E-state index contributed by atoms with van der Waals surface area (Å²) in [6.07, 6.45) is 3.65. The zero-order chi connectivity index (χ0) is 14.8. The van der Waals surface area contributed by atoms with Crippen molar-refractivity contribution in [2.24, 2.45) is 0 Å². The van der Waals surface area contributed by atoms with E-state index in [4.69, 9.17) is 0 Å². The SMILES string of the molecule is CS(=O)(=O)c1ccc(O)c(NC(=O)CCNC2CC2)c1. The first-order valence-corrected chi connectivity index (χ1v) is 8.32. The minimum atomic E-state index is -3.37. The maximum Gasteiger partial charge on any atom is 0.225 e. The molecule has 2 rings (SSSR count). The summed E-state index contributed by atoms with van der Waals surface area (Å²) in [5.41, 5.74) is 0.115. The van der Waals surface area contributed by atoms with Crippen molar-refractivity contribution in [1.82, 2.24) is 5.32 Å². The van der Waals surface area contributed by atoms with E-state index in [1.54, 1.807) is 0 Å². The Kier molecular flexibility index (Phi) is 4.29. The smallest absolute Gasteiger partial charge is 0.225 e. The third kappa shape index (κ3) is 4.21. The molecule has 0 heterocycles. The highest BCUT2D eigenvalue weighted by molar-refractivity contribution is 7.90. The number of benzene rings is 1. The van der Waals surface area contributed by atoms with Crippen molar-refractivity contribution in [3.05, 3.63) is 18.2 Å². The number of sulfone groups is 1. The molecule has 0 unspecified atom stereocenters. The van der Waals surface area contributed by atoms with Crippen LogP contribution < -0.4 is 10.6 Å². The van der Waals surface area contributed by atoms with Crippen molar-refractivity contribution in [2.45, 2.75) is 30.2 Å². The topological polar surface area (TPSA) is 95.5 Å². The molecular formula is C13H18N2O4S. The maximum absolute atomic E-state index is 11.7. The van der Waals surface area contributed by atoms with Crippen LogP contribution in [0, 0.1) is 0 Å². The summed E-state index contributed by atoms with van der Waals surface area (Å²) < 4.78 is 22.9. The lowest BCUT2D eigenvalue weighted by Gasteiger charge is -2.09. The summed E-state index contributed by atoms with van der Waals surface area (Å²) in [5, 5.41) is 15.4. The third-order valence-electron chi connectivity index (χ3n) is 3.03. The Morgan fingerprint density at radius 1 is 1.40 bits per heavy atom. The van der Waals surface area contributed by atoms with Gasteiger partial charge < -0.3 is 15.7 Å². The van der Waals surface area contributed by atoms with Gasteiger partial charge in [0.15, 0.2) is 9.84 Å². The first kappa shape index (κ1) is 14.8. The molecule has 6 nitrogen and oxygen atoms in total. The van der Waals surface area contributed by atoms with Crippen LogP contribution >= 0.6 is 0 Å². The van der Waals surface area contributed by atoms with E-state index in [1.165, 1.54) is 18.2 Å². The number of phenolic OH excluding ortho intramolecular Hbond substituents is 1. The summed E-state index contributed by atoms with van der Waals surface area (Å²) in [6, 6.07) is 4.35. The summed E-state index contributed by atoms with van der Waals surface area (Å²) >= 11 is 0. The van der Waals surface area contributed by atoms with Gasteiger partial charge in [0.05, 0.1) is 10.6 Å². The molecule has 1 aliphatic carbocycles. The Balaban J connectivity index is 1.98. The second kappa shape index (κ2) is 5.80. The van der Waals surface area contributed by atoms with Gasteiger partial charge in [-0.05, 0) is 31.0 Å². The highest BCUT2D eigenvalue weighted by atomic mass is 32.2. The van der Waals surface area contributed by atoms with E-state index in [2.05, 4.69) is 10.6 Å². The molecule has 0 spiro atoms. The van der Waals surface area contributed by atoms with Crippen LogP contribution in [-0.4, -0.2) is 38.3 Å². The van der Waals surface area contributed by atoms with E-state index < -0.39 is 9.84 Å². The van der Waals surface area contributed by atoms with Crippen LogP contribution in [0.1, 0.15) is 19.3 Å². The first-order chi connectivity index (χ1) is 9.36. The number of carbonyl (C=O) groups excluding carboxylic acids is 1. The van der Waals surface area contributed by atoms with Gasteiger partial charge in [0.1, 0.15) is 5.75 Å². The Hall–Kier alpha value is -1.60. The van der Waals surface area contributed by atoms with Crippen molar-refractivity contribution in [2.75, 3.05) is 18.1 Å². The van der Waals surface area contributed by atoms with Gasteiger partial charge in [-0.1, -0.05) is 0 Å². The van der Waals surface area contributed by atoms with Crippen molar-refractivity contribution < 1.29 is 18.3 Å². The number of nitrogens with one attached hydrogen (secondary N) is 2. The van der Waals surface area contributed by atoms with Gasteiger partial charge >= 0.3 is 0 Å². The number of amides is 1. The van der Waals surface area contributed by atoms with Gasteiger partial charge in [0, 0.05) is 25.3 Å². The van der Waals surface area contributed by atoms with Crippen molar-refractivity contribution in [1.29, 1.82) is 0 Å². The Labute approximate surface area is 118 Å². The quantitative estimate of drug-likeness (QED) is 0.678. The highest BCUT2D eigenvalue weighted by Crippen LogP contribution is 2.26. The summed E-state index contributed by atoms with van der Waals surface area (Å²) in [7, 11) is -3.37. The van der Waals surface area contributed by atoms with Crippen LogP contribution in [0.2, 0.25) is 0 Å². The van der Waals surface area contributed by atoms with E-state index in [-0.39, 0.29) is 28.7 Å². The fourth-order valence-corrected chi connectivity index (χ4v) is 2.38. The molecule has 110 valence electrons. The Morgan fingerprint density at radius 2 is 2.10 bits per heavy atom. The molecule has 0 aromatic heterocycles. The number of hydrogen-bond acceptors (Lipinski definition) is 5. The zero-order valence-electron chi connectivity index (χ0n) is 11.2. The number of phenols is 1. The predicted molar refractivity (Wildman–Crippen MR) is 75.5 cm³/mol. The number of carbonyl (C=O) groups is 1. The van der Waals surface area contributed by atoms with E-state index in [0.717, 1.165) is 19.1 Å². The lowest BCUT2D eigenvalue weighted by atomic mass is 10.2. The van der Waals surface area contributed by atoms with Gasteiger partial charge in [-0.25, -0.2) is 8.42 Å². The number of anilines is 1. The fourth-order valence-electron chi connectivity index (χ4n) is 1.74. The van der Waals surface area contributed by atoms with Crippen LogP contribution in [-0.2, 0) is 14.6 Å².